The summed E-state index contributed by atoms with van der Waals surface area (Å²) in [5, 5.41) is 15.6. The lowest BCUT2D eigenvalue weighted by atomic mass is 9.77. The number of anilines is 2. The summed E-state index contributed by atoms with van der Waals surface area (Å²) in [5.74, 6) is 0.258. The van der Waals surface area contributed by atoms with E-state index in [0.29, 0.717) is 10.7 Å². The van der Waals surface area contributed by atoms with Gasteiger partial charge in [-0.25, -0.2) is 8.42 Å². The summed E-state index contributed by atoms with van der Waals surface area (Å²) in [6.07, 6.45) is 4.93. The molecule has 10 heteroatoms. The molecule has 0 saturated carbocycles. The van der Waals surface area contributed by atoms with Crippen molar-refractivity contribution in [2.75, 3.05) is 17.1 Å². The molecule has 0 amide bonds. The molecule has 0 unspecified atom stereocenters. The average molecular weight is 526 g/mol. The van der Waals surface area contributed by atoms with E-state index in [1.807, 2.05) is 6.07 Å². The van der Waals surface area contributed by atoms with Gasteiger partial charge in [-0.05, 0) is 78.4 Å². The third kappa shape index (κ3) is 4.29. The Morgan fingerprint density at radius 1 is 1.14 bits per heavy atom. The Labute approximate surface area is 214 Å². The molecule has 0 radical (unpaired) electrons. The number of nitrogens with one attached hydrogen (secondary N) is 2. The number of ether oxygens (including phenoxy) is 1. The number of nitro benzene ring substituents is 1. The predicted octanol–water partition coefficient (Wildman–Crippen LogP) is 6.19. The van der Waals surface area contributed by atoms with Crippen molar-refractivity contribution in [3.63, 3.8) is 0 Å². The first kappa shape index (κ1) is 24.1. The maximum atomic E-state index is 13.2. The molecule has 3 atom stereocenters. The Balaban J connectivity index is 1.49. The van der Waals surface area contributed by atoms with Gasteiger partial charge in [-0.3, -0.25) is 14.8 Å². The van der Waals surface area contributed by atoms with Crippen LogP contribution in [0.3, 0.4) is 0 Å². The van der Waals surface area contributed by atoms with E-state index in [1.54, 1.807) is 55.5 Å². The van der Waals surface area contributed by atoms with E-state index in [0.717, 1.165) is 28.8 Å². The number of benzene rings is 3. The largest absolute Gasteiger partial charge is 0.490 e. The normalized spacial score (nSPS) is 20.2. The summed E-state index contributed by atoms with van der Waals surface area (Å²) in [4.78, 5) is 11.3. The zero-order chi connectivity index (χ0) is 25.6. The lowest BCUT2D eigenvalue weighted by Crippen LogP contribution is -2.29. The fourth-order valence-corrected chi connectivity index (χ4v) is 6.45. The minimum absolute atomic E-state index is 0.0279. The minimum atomic E-state index is -3.83. The van der Waals surface area contributed by atoms with Crippen LogP contribution in [0.2, 0.25) is 5.02 Å². The fourth-order valence-electron chi connectivity index (χ4n) is 5.06. The summed E-state index contributed by atoms with van der Waals surface area (Å²) in [5.41, 5.74) is 3.56. The molecule has 0 spiro atoms. The van der Waals surface area contributed by atoms with Crippen molar-refractivity contribution in [1.82, 2.24) is 0 Å². The lowest BCUT2D eigenvalue weighted by Gasteiger charge is -2.37. The number of hydrogen-bond acceptors (Lipinski definition) is 6. The molecule has 3 aromatic rings. The van der Waals surface area contributed by atoms with Crippen LogP contribution >= 0.6 is 11.6 Å². The molecule has 0 saturated heterocycles. The number of rotatable bonds is 6. The Morgan fingerprint density at radius 2 is 1.94 bits per heavy atom. The highest BCUT2D eigenvalue weighted by molar-refractivity contribution is 7.92. The number of nitro groups is 1. The second kappa shape index (κ2) is 9.15. The van der Waals surface area contributed by atoms with Crippen LogP contribution in [0.1, 0.15) is 35.1 Å². The van der Waals surface area contributed by atoms with Gasteiger partial charge in [0.2, 0.25) is 0 Å². The standard InChI is InChI=1S/C26H24ClN3O5S/c1-15-12-17(27)7-9-22(15)29-36(33,34)18-8-10-23-21(14-18)19-4-3-5-20(19)26(28-23)16-6-11-25(35-2)24(13-16)30(31)32/h3-4,6-14,19-20,26,28-29H,5H2,1-2H3/t19-,20+,26+/m1/s1. The topological polar surface area (TPSA) is 111 Å². The van der Waals surface area contributed by atoms with Gasteiger partial charge in [0.25, 0.3) is 10.0 Å². The first-order chi connectivity index (χ1) is 17.2. The van der Waals surface area contributed by atoms with Gasteiger partial charge in [-0.1, -0.05) is 29.8 Å². The van der Waals surface area contributed by atoms with E-state index < -0.39 is 14.9 Å². The number of allylic oxidation sites excluding steroid dienone is 2. The SMILES string of the molecule is COc1ccc([C@@H]2Nc3ccc(S(=O)(=O)Nc4ccc(Cl)cc4C)cc3[C@@H]3C=CC[C@@H]32)cc1[N+](=O)[O-]. The van der Waals surface area contributed by atoms with Crippen molar-refractivity contribution in [3.8, 4) is 5.75 Å². The van der Waals surface area contributed by atoms with Gasteiger partial charge >= 0.3 is 5.69 Å². The first-order valence-corrected chi connectivity index (χ1v) is 13.2. The van der Waals surface area contributed by atoms with E-state index in [1.165, 1.54) is 7.11 Å². The van der Waals surface area contributed by atoms with Crippen molar-refractivity contribution in [1.29, 1.82) is 0 Å². The Kier molecular flexibility index (Phi) is 6.13. The van der Waals surface area contributed by atoms with Crippen molar-refractivity contribution in [3.05, 3.63) is 98.6 Å². The smallest absolute Gasteiger partial charge is 0.311 e. The maximum absolute atomic E-state index is 13.2. The molecule has 1 aliphatic heterocycles. The highest BCUT2D eigenvalue weighted by Gasteiger charge is 2.39. The number of halogens is 1. The minimum Gasteiger partial charge on any atom is -0.490 e. The molecule has 3 aromatic carbocycles. The van der Waals surface area contributed by atoms with Crippen LogP contribution in [0.15, 0.2) is 71.6 Å². The molecule has 0 fully saturated rings. The van der Waals surface area contributed by atoms with E-state index in [2.05, 4.69) is 22.2 Å². The van der Waals surface area contributed by atoms with Gasteiger partial charge in [-0.15, -0.1) is 0 Å². The number of nitrogens with zero attached hydrogens (tertiary/aromatic N) is 1. The first-order valence-electron chi connectivity index (χ1n) is 11.4. The summed E-state index contributed by atoms with van der Waals surface area (Å²) >= 11 is 6.00. The van der Waals surface area contributed by atoms with Crippen molar-refractivity contribution in [2.45, 2.75) is 30.2 Å². The molecule has 1 heterocycles. The summed E-state index contributed by atoms with van der Waals surface area (Å²) in [7, 11) is -2.43. The maximum Gasteiger partial charge on any atom is 0.311 e. The number of fused-ring (bicyclic) bond motifs is 3. The summed E-state index contributed by atoms with van der Waals surface area (Å²) < 4.78 is 34.2. The van der Waals surface area contributed by atoms with Crippen LogP contribution in [0.25, 0.3) is 0 Å². The van der Waals surface area contributed by atoms with Crippen LogP contribution in [-0.4, -0.2) is 20.5 Å². The van der Waals surface area contributed by atoms with Gasteiger partial charge in [0.1, 0.15) is 0 Å². The Hall–Kier alpha value is -3.56. The molecule has 36 heavy (non-hydrogen) atoms. The molecule has 0 bridgehead atoms. The zero-order valence-electron chi connectivity index (χ0n) is 19.6. The quantitative estimate of drug-likeness (QED) is 0.225. The van der Waals surface area contributed by atoms with E-state index in [-0.39, 0.29) is 34.2 Å². The fraction of sp³-hybridized carbons (Fsp3) is 0.231. The predicted molar refractivity (Wildman–Crippen MR) is 139 cm³/mol. The average Bonchev–Trinajstić information content (AvgIpc) is 3.35. The molecule has 2 aliphatic rings. The zero-order valence-corrected chi connectivity index (χ0v) is 21.1. The Morgan fingerprint density at radius 3 is 2.67 bits per heavy atom. The van der Waals surface area contributed by atoms with Crippen molar-refractivity contribution >= 4 is 38.7 Å². The van der Waals surface area contributed by atoms with Crippen molar-refractivity contribution in [2.24, 2.45) is 5.92 Å². The van der Waals surface area contributed by atoms with Gasteiger partial charge < -0.3 is 10.1 Å². The number of aryl methyl sites for hydroxylation is 1. The second-order valence-corrected chi connectivity index (χ2v) is 11.1. The molecule has 8 nitrogen and oxygen atoms in total. The summed E-state index contributed by atoms with van der Waals surface area (Å²) in [6, 6.07) is 14.8. The van der Waals surface area contributed by atoms with Gasteiger partial charge in [0, 0.05) is 22.7 Å². The third-order valence-corrected chi connectivity index (χ3v) is 8.43. The van der Waals surface area contributed by atoms with Crippen LogP contribution in [0.5, 0.6) is 5.75 Å². The van der Waals surface area contributed by atoms with Gasteiger partial charge in [0.05, 0.1) is 28.7 Å². The number of sulfonamides is 1. The number of hydrogen-bond donors (Lipinski definition) is 2. The van der Waals surface area contributed by atoms with E-state index in [4.69, 9.17) is 16.3 Å². The molecule has 2 N–H and O–H groups in total. The molecule has 5 rings (SSSR count). The van der Waals surface area contributed by atoms with Crippen molar-refractivity contribution < 1.29 is 18.1 Å². The van der Waals surface area contributed by atoms with Crippen LogP contribution in [0.4, 0.5) is 17.1 Å². The lowest BCUT2D eigenvalue weighted by molar-refractivity contribution is -0.385. The Bertz CT molecular complexity index is 1510. The van der Waals surface area contributed by atoms with Gasteiger partial charge in [0.15, 0.2) is 5.75 Å². The monoisotopic (exact) mass is 525 g/mol. The van der Waals surface area contributed by atoms with Crippen LogP contribution in [-0.2, 0) is 10.0 Å². The molecule has 1 aliphatic carbocycles. The van der Waals surface area contributed by atoms with E-state index >= 15 is 0 Å². The highest BCUT2D eigenvalue weighted by Crippen LogP contribution is 2.51. The molecule has 0 aromatic heterocycles. The molecular formula is C26H24ClN3O5S. The molecular weight excluding hydrogens is 502 g/mol. The van der Waals surface area contributed by atoms with Crippen LogP contribution in [0, 0.1) is 23.0 Å². The van der Waals surface area contributed by atoms with E-state index in [9.17, 15) is 18.5 Å². The highest BCUT2D eigenvalue weighted by atomic mass is 35.5. The van der Waals surface area contributed by atoms with Crippen LogP contribution < -0.4 is 14.8 Å². The molecule has 186 valence electrons. The third-order valence-electron chi connectivity index (χ3n) is 6.84. The second-order valence-electron chi connectivity index (χ2n) is 8.98. The number of methoxy groups -OCH3 is 1. The van der Waals surface area contributed by atoms with Gasteiger partial charge in [-0.2, -0.15) is 0 Å². The summed E-state index contributed by atoms with van der Waals surface area (Å²) in [6.45, 7) is 1.79.